The molecule has 0 aromatic heterocycles. The third-order valence-corrected chi connectivity index (χ3v) is 8.62. The molecule has 3 aromatic rings. The number of fused-ring (bicyclic) bond motifs is 2. The van der Waals surface area contributed by atoms with Crippen molar-refractivity contribution in [1.29, 1.82) is 5.26 Å². The average molecular weight is 533 g/mol. The van der Waals surface area contributed by atoms with E-state index in [0.29, 0.717) is 11.5 Å². The molecule has 1 saturated heterocycles. The van der Waals surface area contributed by atoms with Crippen LogP contribution >= 0.6 is 0 Å². The SMILES string of the molecule is CCCC(C#N)(CCCN1CCC(=C2c3ccccc3C=Cc3ccccc32)CC1)c1ccc(OC)c(OC)c1. The van der Waals surface area contributed by atoms with Gasteiger partial charge in [-0.25, -0.2) is 0 Å². The maximum Gasteiger partial charge on any atom is 0.161 e. The van der Waals surface area contributed by atoms with Gasteiger partial charge in [-0.1, -0.05) is 85.7 Å². The first-order valence-corrected chi connectivity index (χ1v) is 14.6. The molecule has 2 aliphatic rings. The van der Waals surface area contributed by atoms with Crippen molar-refractivity contribution in [1.82, 2.24) is 4.90 Å². The minimum Gasteiger partial charge on any atom is -0.493 e. The van der Waals surface area contributed by atoms with Crippen LogP contribution in [0.3, 0.4) is 0 Å². The van der Waals surface area contributed by atoms with E-state index in [-0.39, 0.29) is 0 Å². The van der Waals surface area contributed by atoms with E-state index < -0.39 is 5.41 Å². The number of nitrogens with zero attached hydrogens (tertiary/aromatic N) is 2. The Morgan fingerprint density at radius 2 is 1.45 bits per heavy atom. The van der Waals surface area contributed by atoms with Gasteiger partial charge in [-0.15, -0.1) is 0 Å². The Bertz CT molecular complexity index is 1390. The number of benzene rings is 3. The first-order chi connectivity index (χ1) is 19.6. The number of likely N-dealkylation sites (tertiary alicyclic amines) is 1. The molecular weight excluding hydrogens is 492 g/mol. The number of methoxy groups -OCH3 is 2. The summed E-state index contributed by atoms with van der Waals surface area (Å²) in [7, 11) is 3.30. The third kappa shape index (κ3) is 5.58. The highest BCUT2D eigenvalue weighted by Crippen LogP contribution is 2.40. The van der Waals surface area contributed by atoms with E-state index in [1.165, 1.54) is 27.8 Å². The summed E-state index contributed by atoms with van der Waals surface area (Å²) >= 11 is 0. The van der Waals surface area contributed by atoms with E-state index in [0.717, 1.165) is 63.7 Å². The Kier molecular flexibility index (Phi) is 8.72. The van der Waals surface area contributed by atoms with Gasteiger partial charge in [-0.05, 0) is 84.2 Å². The largest absolute Gasteiger partial charge is 0.493 e. The molecule has 3 aromatic carbocycles. The van der Waals surface area contributed by atoms with E-state index in [9.17, 15) is 5.26 Å². The van der Waals surface area contributed by atoms with Gasteiger partial charge in [0.05, 0.1) is 25.7 Å². The van der Waals surface area contributed by atoms with Gasteiger partial charge in [0.25, 0.3) is 0 Å². The predicted molar refractivity (Wildman–Crippen MR) is 164 cm³/mol. The summed E-state index contributed by atoms with van der Waals surface area (Å²) in [6.07, 6.45) is 10.3. The lowest BCUT2D eigenvalue weighted by Crippen LogP contribution is -2.33. The summed E-state index contributed by atoms with van der Waals surface area (Å²) < 4.78 is 11.0. The van der Waals surface area contributed by atoms with Crippen LogP contribution in [0.25, 0.3) is 17.7 Å². The maximum absolute atomic E-state index is 10.4. The smallest absolute Gasteiger partial charge is 0.161 e. The highest BCUT2D eigenvalue weighted by atomic mass is 16.5. The molecule has 4 heteroatoms. The molecule has 0 radical (unpaired) electrons. The molecule has 1 heterocycles. The second-order valence-electron chi connectivity index (χ2n) is 10.9. The quantitative estimate of drug-likeness (QED) is 0.218. The van der Waals surface area contributed by atoms with Gasteiger partial charge in [-0.3, -0.25) is 0 Å². The van der Waals surface area contributed by atoms with Crippen LogP contribution in [0.15, 0.2) is 72.3 Å². The maximum atomic E-state index is 10.4. The molecule has 4 nitrogen and oxygen atoms in total. The monoisotopic (exact) mass is 532 g/mol. The lowest BCUT2D eigenvalue weighted by Gasteiger charge is -2.32. The molecule has 1 atom stereocenters. The zero-order chi connectivity index (χ0) is 28.0. The van der Waals surface area contributed by atoms with Gasteiger partial charge in [0.15, 0.2) is 11.5 Å². The van der Waals surface area contributed by atoms with Crippen LogP contribution in [0.1, 0.15) is 73.3 Å². The summed E-state index contributed by atoms with van der Waals surface area (Å²) in [5, 5.41) is 10.4. The van der Waals surface area contributed by atoms with Crippen LogP contribution in [0.4, 0.5) is 0 Å². The molecule has 1 fully saturated rings. The Hall–Kier alpha value is -3.81. The fraction of sp³-hybridized carbons (Fsp3) is 0.361. The highest BCUT2D eigenvalue weighted by Gasteiger charge is 2.32. The lowest BCUT2D eigenvalue weighted by molar-refractivity contribution is 0.244. The van der Waals surface area contributed by atoms with Crippen LogP contribution in [0.5, 0.6) is 11.5 Å². The van der Waals surface area contributed by atoms with E-state index in [2.05, 4.69) is 78.6 Å². The Morgan fingerprint density at radius 3 is 2.02 bits per heavy atom. The van der Waals surface area contributed by atoms with Crippen LogP contribution < -0.4 is 9.47 Å². The molecular formula is C36H40N2O2. The Balaban J connectivity index is 1.30. The molecule has 0 spiro atoms. The summed E-state index contributed by atoms with van der Waals surface area (Å²) in [4.78, 5) is 2.58. The van der Waals surface area contributed by atoms with E-state index in [1.54, 1.807) is 19.8 Å². The van der Waals surface area contributed by atoms with E-state index >= 15 is 0 Å². The Labute approximate surface area is 239 Å². The van der Waals surface area contributed by atoms with Crippen molar-refractivity contribution < 1.29 is 9.47 Å². The first kappa shape index (κ1) is 27.7. The number of piperidine rings is 1. The second-order valence-corrected chi connectivity index (χ2v) is 10.9. The first-order valence-electron chi connectivity index (χ1n) is 14.6. The third-order valence-electron chi connectivity index (χ3n) is 8.62. The summed E-state index contributed by atoms with van der Waals surface area (Å²) in [6, 6.07) is 26.3. The zero-order valence-electron chi connectivity index (χ0n) is 24.1. The van der Waals surface area contributed by atoms with Gasteiger partial charge < -0.3 is 14.4 Å². The van der Waals surface area contributed by atoms with Crippen LogP contribution in [0.2, 0.25) is 0 Å². The molecule has 1 aliphatic carbocycles. The molecule has 1 aliphatic heterocycles. The van der Waals surface area contributed by atoms with Gasteiger partial charge in [-0.2, -0.15) is 5.26 Å². The van der Waals surface area contributed by atoms with Crippen LogP contribution in [-0.4, -0.2) is 38.8 Å². The number of nitriles is 1. The van der Waals surface area contributed by atoms with Crippen molar-refractivity contribution in [3.8, 4) is 17.6 Å². The molecule has 0 bridgehead atoms. The minimum atomic E-state index is -0.516. The van der Waals surface area contributed by atoms with Crippen molar-refractivity contribution in [2.75, 3.05) is 33.9 Å². The minimum absolute atomic E-state index is 0.516. The number of ether oxygens (including phenoxy) is 2. The standard InChI is InChI=1S/C36H40N2O2/c1-4-20-36(26-37,30-16-17-33(39-2)34(25-30)40-3)21-9-22-38-23-18-29(19-24-38)35-31-12-7-5-10-27(31)14-15-28-11-6-8-13-32(28)35/h5-8,10-17,25H,4,9,18-24H2,1-3H3. The molecule has 0 saturated carbocycles. The van der Waals surface area contributed by atoms with Crippen molar-refractivity contribution in [3.63, 3.8) is 0 Å². The van der Waals surface area contributed by atoms with E-state index in [1.807, 2.05) is 18.2 Å². The Morgan fingerprint density at radius 1 is 0.825 bits per heavy atom. The summed E-state index contributed by atoms with van der Waals surface area (Å²) in [5.74, 6) is 1.38. The molecule has 0 N–H and O–H groups in total. The van der Waals surface area contributed by atoms with Crippen molar-refractivity contribution >= 4 is 17.7 Å². The molecule has 40 heavy (non-hydrogen) atoms. The van der Waals surface area contributed by atoms with Gasteiger partial charge in [0, 0.05) is 13.1 Å². The lowest BCUT2D eigenvalue weighted by atomic mass is 9.74. The van der Waals surface area contributed by atoms with Gasteiger partial charge >= 0.3 is 0 Å². The second kappa shape index (κ2) is 12.6. The van der Waals surface area contributed by atoms with E-state index in [4.69, 9.17) is 9.47 Å². The van der Waals surface area contributed by atoms with Gasteiger partial charge in [0.2, 0.25) is 0 Å². The molecule has 1 unspecified atom stereocenters. The summed E-state index contributed by atoms with van der Waals surface area (Å²) in [5.41, 5.74) is 8.78. The fourth-order valence-corrected chi connectivity index (χ4v) is 6.50. The molecule has 0 amide bonds. The summed E-state index contributed by atoms with van der Waals surface area (Å²) in [6.45, 7) is 5.28. The van der Waals surface area contributed by atoms with Crippen LogP contribution in [-0.2, 0) is 5.41 Å². The average Bonchev–Trinajstić information content (AvgIpc) is 3.17. The number of rotatable bonds is 9. The fourth-order valence-electron chi connectivity index (χ4n) is 6.50. The van der Waals surface area contributed by atoms with Gasteiger partial charge in [0.1, 0.15) is 0 Å². The number of hydrogen-bond donors (Lipinski definition) is 0. The topological polar surface area (TPSA) is 45.5 Å². The predicted octanol–water partition coefficient (Wildman–Crippen LogP) is 8.13. The highest BCUT2D eigenvalue weighted by molar-refractivity contribution is 5.94. The normalized spacial score (nSPS) is 16.4. The molecule has 5 rings (SSSR count). The van der Waals surface area contributed by atoms with Crippen molar-refractivity contribution in [2.24, 2.45) is 0 Å². The molecule has 206 valence electrons. The van der Waals surface area contributed by atoms with Crippen LogP contribution in [0, 0.1) is 11.3 Å². The van der Waals surface area contributed by atoms with Crippen molar-refractivity contribution in [3.05, 3.63) is 100 Å². The van der Waals surface area contributed by atoms with Crippen molar-refractivity contribution in [2.45, 2.75) is 50.9 Å². The zero-order valence-corrected chi connectivity index (χ0v) is 24.1. The number of hydrogen-bond acceptors (Lipinski definition) is 4.